The van der Waals surface area contributed by atoms with Gasteiger partial charge in [-0.05, 0) is 31.2 Å². The van der Waals surface area contributed by atoms with Crippen molar-refractivity contribution in [2.45, 2.75) is 13.0 Å². The van der Waals surface area contributed by atoms with Crippen molar-refractivity contribution in [1.29, 1.82) is 0 Å². The van der Waals surface area contributed by atoms with Crippen molar-refractivity contribution in [1.82, 2.24) is 20.4 Å². The Hall–Kier alpha value is -2.03. The summed E-state index contributed by atoms with van der Waals surface area (Å²) in [6, 6.07) is 7.27. The Morgan fingerprint density at radius 2 is 1.97 bits per heavy atom. The van der Waals surface area contributed by atoms with E-state index >= 15 is 0 Å². The van der Waals surface area contributed by atoms with Gasteiger partial charge in [-0.25, -0.2) is 4.99 Å². The molecule has 0 bridgehead atoms. The molecule has 162 valence electrons. The number of carbonyl (C=O) groups is 1. The molecule has 1 saturated heterocycles. The summed E-state index contributed by atoms with van der Waals surface area (Å²) in [6.07, 6.45) is -0.0908. The van der Waals surface area contributed by atoms with Gasteiger partial charge in [-0.15, -0.1) is 0 Å². The zero-order valence-corrected chi connectivity index (χ0v) is 18.2. The third-order valence-electron chi connectivity index (χ3n) is 4.40. The first-order valence-corrected chi connectivity index (χ1v) is 10.3. The lowest BCUT2D eigenvalue weighted by molar-refractivity contribution is -0.127. The topological polar surface area (TPSA) is 78.4 Å². The molecule has 1 fully saturated rings. The lowest BCUT2D eigenvalue weighted by Gasteiger charge is -2.27. The van der Waals surface area contributed by atoms with Gasteiger partial charge in [0, 0.05) is 45.3 Å². The number of hydrogen-bond donors (Lipinski definition) is 2. The third-order valence-corrected chi connectivity index (χ3v) is 4.66. The average Bonchev–Trinajstić information content (AvgIpc) is 2.71. The van der Waals surface area contributed by atoms with Crippen LogP contribution in [0.2, 0.25) is 5.02 Å². The van der Waals surface area contributed by atoms with Crippen molar-refractivity contribution in [3.63, 3.8) is 0 Å². The molecule has 1 aliphatic rings. The van der Waals surface area contributed by atoms with Crippen LogP contribution in [0, 0.1) is 0 Å². The number of likely N-dealkylation sites (N-methyl/N-ethyl adjacent to an activating group) is 1. The molecule has 9 heteroatoms. The van der Waals surface area contributed by atoms with Crippen molar-refractivity contribution in [3.8, 4) is 5.75 Å². The molecule has 8 nitrogen and oxygen atoms in total. The van der Waals surface area contributed by atoms with Gasteiger partial charge in [-0.3, -0.25) is 9.69 Å². The first kappa shape index (κ1) is 23.3. The largest absolute Gasteiger partial charge is 0.489 e. The Bertz CT molecular complexity index is 648. The van der Waals surface area contributed by atoms with E-state index in [1.54, 1.807) is 26.2 Å². The van der Waals surface area contributed by atoms with E-state index in [1.807, 2.05) is 19.1 Å². The maximum Gasteiger partial charge on any atom is 0.243 e. The van der Waals surface area contributed by atoms with Crippen molar-refractivity contribution in [2.24, 2.45) is 4.99 Å². The Labute approximate surface area is 178 Å². The van der Waals surface area contributed by atoms with Gasteiger partial charge < -0.3 is 25.0 Å². The van der Waals surface area contributed by atoms with E-state index in [1.165, 1.54) is 4.90 Å². The highest BCUT2D eigenvalue weighted by molar-refractivity contribution is 6.30. The molecule has 1 aliphatic heterocycles. The predicted molar refractivity (Wildman–Crippen MR) is 116 cm³/mol. The molecule has 1 unspecified atom stereocenters. The molecule has 0 saturated carbocycles. The summed E-state index contributed by atoms with van der Waals surface area (Å²) < 4.78 is 11.3. The average molecular weight is 426 g/mol. The molecule has 1 heterocycles. The van der Waals surface area contributed by atoms with Crippen LogP contribution in [0.5, 0.6) is 5.75 Å². The summed E-state index contributed by atoms with van der Waals surface area (Å²) in [4.78, 5) is 20.2. The number of carbonyl (C=O) groups excluding carboxylic acids is 1. The van der Waals surface area contributed by atoms with Crippen LogP contribution in [0.25, 0.3) is 0 Å². The van der Waals surface area contributed by atoms with Crippen molar-refractivity contribution in [3.05, 3.63) is 29.3 Å². The number of halogens is 1. The first-order chi connectivity index (χ1) is 13.9. The van der Waals surface area contributed by atoms with E-state index in [2.05, 4.69) is 20.5 Å². The number of nitrogens with one attached hydrogen (secondary N) is 2. The number of amides is 1. The van der Waals surface area contributed by atoms with Crippen LogP contribution < -0.4 is 15.4 Å². The van der Waals surface area contributed by atoms with E-state index in [0.717, 1.165) is 45.1 Å². The molecule has 1 aromatic rings. The molecule has 0 aliphatic carbocycles. The maximum absolute atomic E-state index is 11.9. The molecular formula is C20H32ClN5O3. The second kappa shape index (κ2) is 12.5. The van der Waals surface area contributed by atoms with Gasteiger partial charge in [0.25, 0.3) is 0 Å². The molecule has 0 aromatic heterocycles. The number of aliphatic imine (C=N–C) groups is 1. The zero-order valence-electron chi connectivity index (χ0n) is 17.5. The van der Waals surface area contributed by atoms with Crippen LogP contribution in [0.3, 0.4) is 0 Å². The highest BCUT2D eigenvalue weighted by atomic mass is 35.5. The van der Waals surface area contributed by atoms with Gasteiger partial charge in [-0.1, -0.05) is 11.6 Å². The molecule has 1 atom stereocenters. The normalized spacial score (nSPS) is 16.2. The van der Waals surface area contributed by atoms with E-state index in [-0.39, 0.29) is 18.6 Å². The number of nitrogens with zero attached hydrogens (tertiary/aromatic N) is 3. The molecule has 2 N–H and O–H groups in total. The number of hydrogen-bond acceptors (Lipinski definition) is 5. The minimum Gasteiger partial charge on any atom is -0.489 e. The molecule has 1 aromatic carbocycles. The van der Waals surface area contributed by atoms with Crippen LogP contribution in [0.1, 0.15) is 6.92 Å². The number of morpholine rings is 1. The van der Waals surface area contributed by atoms with Crippen LogP contribution in [-0.4, -0.2) is 94.3 Å². The molecule has 0 radical (unpaired) electrons. The SMILES string of the molecule is CC(CNC(=NCC(=O)N(C)C)NCCN1CCOCC1)Oc1ccc(Cl)cc1. The van der Waals surface area contributed by atoms with Gasteiger partial charge in [-0.2, -0.15) is 0 Å². The Kier molecular flexibility index (Phi) is 10.0. The number of benzene rings is 1. The Morgan fingerprint density at radius 1 is 1.28 bits per heavy atom. The molecular weight excluding hydrogens is 394 g/mol. The summed E-state index contributed by atoms with van der Waals surface area (Å²) in [7, 11) is 3.44. The van der Waals surface area contributed by atoms with Crippen molar-refractivity contribution in [2.75, 3.05) is 66.6 Å². The van der Waals surface area contributed by atoms with Crippen LogP contribution in [-0.2, 0) is 9.53 Å². The number of ether oxygens (including phenoxy) is 2. The third kappa shape index (κ3) is 9.34. The van der Waals surface area contributed by atoms with E-state index in [4.69, 9.17) is 21.1 Å². The fourth-order valence-electron chi connectivity index (χ4n) is 2.65. The Morgan fingerprint density at radius 3 is 2.62 bits per heavy atom. The van der Waals surface area contributed by atoms with Crippen LogP contribution >= 0.6 is 11.6 Å². The molecule has 0 spiro atoms. The molecule has 2 rings (SSSR count). The number of guanidine groups is 1. The highest BCUT2D eigenvalue weighted by Gasteiger charge is 2.11. The summed E-state index contributed by atoms with van der Waals surface area (Å²) in [5.41, 5.74) is 0. The summed E-state index contributed by atoms with van der Waals surface area (Å²) in [6.45, 7) is 7.65. The number of rotatable bonds is 9. The summed E-state index contributed by atoms with van der Waals surface area (Å²) in [5.74, 6) is 1.30. The van der Waals surface area contributed by atoms with Gasteiger partial charge in [0.05, 0.1) is 19.8 Å². The van der Waals surface area contributed by atoms with Gasteiger partial charge in [0.2, 0.25) is 5.91 Å². The fraction of sp³-hybridized carbons (Fsp3) is 0.600. The Balaban J connectivity index is 1.83. The second-order valence-electron chi connectivity index (χ2n) is 7.10. The zero-order chi connectivity index (χ0) is 21.1. The summed E-state index contributed by atoms with van der Waals surface area (Å²) >= 11 is 5.90. The minimum atomic E-state index is -0.0908. The first-order valence-electron chi connectivity index (χ1n) is 9.88. The van der Waals surface area contributed by atoms with Gasteiger partial charge >= 0.3 is 0 Å². The maximum atomic E-state index is 11.9. The highest BCUT2D eigenvalue weighted by Crippen LogP contribution is 2.16. The van der Waals surface area contributed by atoms with Gasteiger partial charge in [0.1, 0.15) is 18.4 Å². The van der Waals surface area contributed by atoms with E-state index in [0.29, 0.717) is 17.5 Å². The summed E-state index contributed by atoms with van der Waals surface area (Å²) in [5, 5.41) is 7.23. The monoisotopic (exact) mass is 425 g/mol. The molecule has 29 heavy (non-hydrogen) atoms. The van der Waals surface area contributed by atoms with E-state index in [9.17, 15) is 4.79 Å². The van der Waals surface area contributed by atoms with Crippen molar-refractivity contribution >= 4 is 23.5 Å². The quantitative estimate of drug-likeness (QED) is 0.455. The fourth-order valence-corrected chi connectivity index (χ4v) is 2.77. The van der Waals surface area contributed by atoms with Crippen LogP contribution in [0.15, 0.2) is 29.3 Å². The minimum absolute atomic E-state index is 0.0512. The standard InChI is InChI=1S/C20H32ClN5O3/c1-16(29-18-6-4-17(21)5-7-18)14-23-20(24-15-19(27)25(2)3)22-8-9-26-10-12-28-13-11-26/h4-7,16H,8-15H2,1-3H3,(H2,22,23,24). The van der Waals surface area contributed by atoms with E-state index < -0.39 is 0 Å². The second-order valence-corrected chi connectivity index (χ2v) is 7.53. The lowest BCUT2D eigenvalue weighted by atomic mass is 10.3. The van der Waals surface area contributed by atoms with Crippen LogP contribution in [0.4, 0.5) is 0 Å². The molecule has 1 amide bonds. The smallest absolute Gasteiger partial charge is 0.243 e. The van der Waals surface area contributed by atoms with Gasteiger partial charge in [0.15, 0.2) is 5.96 Å². The van der Waals surface area contributed by atoms with Crippen molar-refractivity contribution < 1.29 is 14.3 Å². The predicted octanol–water partition coefficient (Wildman–Crippen LogP) is 1.06. The lowest BCUT2D eigenvalue weighted by Crippen LogP contribution is -2.46.